The summed E-state index contributed by atoms with van der Waals surface area (Å²) in [5, 5.41) is 9.28. The zero-order valence-corrected chi connectivity index (χ0v) is 18.7. The summed E-state index contributed by atoms with van der Waals surface area (Å²) in [6.07, 6.45) is 2.08. The molecule has 6 nitrogen and oxygen atoms in total. The van der Waals surface area contributed by atoms with Crippen molar-refractivity contribution in [3.63, 3.8) is 0 Å². The average Bonchev–Trinajstić information content (AvgIpc) is 3.15. The third-order valence-electron chi connectivity index (χ3n) is 6.55. The Bertz CT molecular complexity index is 1150. The maximum atomic E-state index is 14.5. The Morgan fingerprint density at radius 2 is 1.97 bits per heavy atom. The monoisotopic (exact) mass is 478 g/mol. The summed E-state index contributed by atoms with van der Waals surface area (Å²) in [6, 6.07) is 2.97. The van der Waals surface area contributed by atoms with Gasteiger partial charge in [-0.15, -0.1) is 10.2 Å². The molecule has 1 saturated heterocycles. The third kappa shape index (κ3) is 4.23. The highest BCUT2D eigenvalue weighted by atomic mass is 32.2. The second-order valence-corrected chi connectivity index (χ2v) is 9.74. The molecule has 3 aromatic rings. The first-order chi connectivity index (χ1) is 15.8. The molecule has 11 heteroatoms. The third-order valence-corrected chi connectivity index (χ3v) is 7.66. The minimum atomic E-state index is -4.53. The van der Waals surface area contributed by atoms with Crippen LogP contribution >= 0.6 is 11.8 Å². The Hall–Kier alpha value is -2.53. The van der Waals surface area contributed by atoms with Crippen molar-refractivity contribution in [2.24, 2.45) is 13.0 Å². The minimum Gasteiger partial charge on any atom is -0.305 e. The summed E-state index contributed by atoms with van der Waals surface area (Å²) < 4.78 is 55.0. The van der Waals surface area contributed by atoms with E-state index < -0.39 is 17.6 Å². The lowest BCUT2D eigenvalue weighted by Gasteiger charge is -2.21. The highest BCUT2D eigenvalue weighted by Gasteiger charge is 2.61. The Morgan fingerprint density at radius 3 is 2.70 bits per heavy atom. The number of thioether (sulfide) groups is 1. The molecule has 0 bridgehead atoms. The molecule has 0 spiro atoms. The van der Waals surface area contributed by atoms with Crippen molar-refractivity contribution in [3.05, 3.63) is 53.9 Å². The first-order valence-electron chi connectivity index (χ1n) is 10.6. The molecular weight excluding hydrogens is 456 g/mol. The SMILES string of the molecule is Cn1c(SCCCN2C[C@@H]3C[C@]3(c3ccc(C(F)(F)F)cc3F)C2)nnc1-c1cncnc1. The second-order valence-electron chi connectivity index (χ2n) is 8.68. The smallest absolute Gasteiger partial charge is 0.305 e. The fourth-order valence-electron chi connectivity index (χ4n) is 4.83. The molecular formula is C22H22F4N6S. The van der Waals surface area contributed by atoms with E-state index in [4.69, 9.17) is 0 Å². The number of rotatable bonds is 7. The van der Waals surface area contributed by atoms with E-state index in [1.807, 2.05) is 11.6 Å². The lowest BCUT2D eigenvalue weighted by atomic mass is 9.93. The highest BCUT2D eigenvalue weighted by Crippen LogP contribution is 2.59. The van der Waals surface area contributed by atoms with Crippen molar-refractivity contribution >= 4 is 11.8 Å². The van der Waals surface area contributed by atoms with Gasteiger partial charge in [0.25, 0.3) is 0 Å². The summed E-state index contributed by atoms with van der Waals surface area (Å²) in [7, 11) is 1.90. The first kappa shape index (κ1) is 22.3. The molecule has 0 unspecified atom stereocenters. The maximum absolute atomic E-state index is 14.5. The standard InChI is InChI=1S/C22H22F4N6S/c1-31-19(14-9-27-13-28-10-14)29-30-20(31)33-6-2-5-32-11-16-8-21(16,12-32)17-4-3-15(7-18(17)23)22(24,25)26/h3-4,7,9-10,13,16H,2,5-6,8,11-12H2,1H3/t16-,21-/m0/s1. The summed E-state index contributed by atoms with van der Waals surface area (Å²) in [6.45, 7) is 2.39. The normalized spacial score (nSPS) is 22.5. The van der Waals surface area contributed by atoms with Crippen LogP contribution in [-0.2, 0) is 18.6 Å². The summed E-state index contributed by atoms with van der Waals surface area (Å²) >= 11 is 1.62. The summed E-state index contributed by atoms with van der Waals surface area (Å²) in [5.41, 5.74) is -0.0429. The number of benzene rings is 1. The lowest BCUT2D eigenvalue weighted by molar-refractivity contribution is -0.137. The van der Waals surface area contributed by atoms with Crippen molar-refractivity contribution in [3.8, 4) is 11.4 Å². The fourth-order valence-corrected chi connectivity index (χ4v) is 5.66. The molecule has 174 valence electrons. The number of fused-ring (bicyclic) bond motifs is 1. The molecule has 5 rings (SSSR count). The van der Waals surface area contributed by atoms with Gasteiger partial charge in [-0.25, -0.2) is 14.4 Å². The first-order valence-corrected chi connectivity index (χ1v) is 11.6. The maximum Gasteiger partial charge on any atom is 0.416 e. The average molecular weight is 479 g/mol. The molecule has 1 aromatic carbocycles. The molecule has 1 aliphatic heterocycles. The van der Waals surface area contributed by atoms with Crippen LogP contribution in [0.15, 0.2) is 42.1 Å². The number of likely N-dealkylation sites (tertiary alicyclic amines) is 1. The molecule has 0 amide bonds. The van der Waals surface area contributed by atoms with Gasteiger partial charge in [-0.05, 0) is 43.0 Å². The van der Waals surface area contributed by atoms with Gasteiger partial charge >= 0.3 is 6.18 Å². The van der Waals surface area contributed by atoms with E-state index >= 15 is 0 Å². The number of hydrogen-bond acceptors (Lipinski definition) is 6. The van der Waals surface area contributed by atoms with Crippen LogP contribution in [0.2, 0.25) is 0 Å². The molecule has 0 radical (unpaired) electrons. The molecule has 33 heavy (non-hydrogen) atoms. The molecule has 1 aliphatic carbocycles. The second kappa shape index (κ2) is 8.35. The lowest BCUT2D eigenvalue weighted by Crippen LogP contribution is -2.28. The van der Waals surface area contributed by atoms with Gasteiger partial charge in [0.1, 0.15) is 12.1 Å². The van der Waals surface area contributed by atoms with Gasteiger partial charge in [-0.2, -0.15) is 13.2 Å². The predicted octanol–water partition coefficient (Wildman–Crippen LogP) is 4.19. The molecule has 2 fully saturated rings. The van der Waals surface area contributed by atoms with Gasteiger partial charge in [0.15, 0.2) is 11.0 Å². The van der Waals surface area contributed by atoms with Crippen molar-refractivity contribution < 1.29 is 17.6 Å². The van der Waals surface area contributed by atoms with E-state index in [0.717, 1.165) is 48.5 Å². The number of piperidine rings is 1. The quantitative estimate of drug-likeness (QED) is 0.288. The van der Waals surface area contributed by atoms with Gasteiger partial charge in [0, 0.05) is 43.7 Å². The number of alkyl halides is 3. The van der Waals surface area contributed by atoms with Gasteiger partial charge in [0.05, 0.1) is 11.1 Å². The molecule has 1 saturated carbocycles. The van der Waals surface area contributed by atoms with Crippen LogP contribution in [0.4, 0.5) is 17.6 Å². The van der Waals surface area contributed by atoms with E-state index in [0.29, 0.717) is 29.9 Å². The Morgan fingerprint density at radius 1 is 1.18 bits per heavy atom. The van der Waals surface area contributed by atoms with Crippen LogP contribution in [-0.4, -0.2) is 55.0 Å². The topological polar surface area (TPSA) is 59.7 Å². The number of halogens is 4. The number of hydrogen-bond donors (Lipinski definition) is 0. The van der Waals surface area contributed by atoms with E-state index in [2.05, 4.69) is 25.1 Å². The highest BCUT2D eigenvalue weighted by molar-refractivity contribution is 7.99. The van der Waals surface area contributed by atoms with Crippen LogP contribution in [0.1, 0.15) is 24.0 Å². The van der Waals surface area contributed by atoms with Crippen molar-refractivity contribution in [2.45, 2.75) is 29.6 Å². The molecule has 2 aliphatic rings. The fraction of sp³-hybridized carbons (Fsp3) is 0.455. The predicted molar refractivity (Wildman–Crippen MR) is 115 cm³/mol. The number of aromatic nitrogens is 5. The zero-order valence-electron chi connectivity index (χ0n) is 17.9. The summed E-state index contributed by atoms with van der Waals surface area (Å²) in [4.78, 5) is 10.3. The van der Waals surface area contributed by atoms with Crippen LogP contribution in [0, 0.1) is 11.7 Å². The van der Waals surface area contributed by atoms with Gasteiger partial charge in [-0.1, -0.05) is 17.8 Å². The Balaban J connectivity index is 1.14. The molecule has 3 heterocycles. The van der Waals surface area contributed by atoms with Crippen molar-refractivity contribution in [1.82, 2.24) is 29.6 Å². The van der Waals surface area contributed by atoms with Crippen LogP contribution in [0.3, 0.4) is 0 Å². The van der Waals surface area contributed by atoms with E-state index in [1.165, 1.54) is 12.4 Å². The minimum absolute atomic E-state index is 0.311. The molecule has 0 N–H and O–H groups in total. The van der Waals surface area contributed by atoms with Crippen molar-refractivity contribution in [1.29, 1.82) is 0 Å². The Kier molecular flexibility index (Phi) is 5.64. The zero-order chi connectivity index (χ0) is 23.2. The molecule has 2 atom stereocenters. The summed E-state index contributed by atoms with van der Waals surface area (Å²) in [5.74, 6) is 1.12. The number of nitrogens with zero attached hydrogens (tertiary/aromatic N) is 6. The largest absolute Gasteiger partial charge is 0.416 e. The van der Waals surface area contributed by atoms with Crippen LogP contribution < -0.4 is 0 Å². The Labute approximate surface area is 192 Å². The van der Waals surface area contributed by atoms with Crippen LogP contribution in [0.5, 0.6) is 0 Å². The van der Waals surface area contributed by atoms with Gasteiger partial charge in [0.2, 0.25) is 0 Å². The van der Waals surface area contributed by atoms with Gasteiger partial charge < -0.3 is 9.47 Å². The van der Waals surface area contributed by atoms with Crippen LogP contribution in [0.25, 0.3) is 11.4 Å². The van der Waals surface area contributed by atoms with Crippen molar-refractivity contribution in [2.75, 3.05) is 25.4 Å². The van der Waals surface area contributed by atoms with E-state index in [1.54, 1.807) is 24.2 Å². The van der Waals surface area contributed by atoms with E-state index in [-0.39, 0.29) is 5.41 Å². The van der Waals surface area contributed by atoms with E-state index in [9.17, 15) is 17.6 Å². The van der Waals surface area contributed by atoms with Gasteiger partial charge in [-0.3, -0.25) is 0 Å². The molecule has 2 aromatic heterocycles.